The highest BCUT2D eigenvalue weighted by Gasteiger charge is 2.25. The molecule has 1 heterocycles. The minimum atomic E-state index is -0.666. The second-order valence-electron chi connectivity index (χ2n) is 4.13. The van der Waals surface area contributed by atoms with Crippen LogP contribution in [-0.4, -0.2) is 27.1 Å². The number of carboxylic acids is 1. The molecule has 2 rings (SSSR count). The third-order valence-corrected chi connectivity index (χ3v) is 3.01. The second-order valence-corrected chi connectivity index (χ2v) is 4.13. The maximum atomic E-state index is 10.8. The van der Waals surface area contributed by atoms with Crippen molar-refractivity contribution in [3.05, 3.63) is 18.6 Å². The first-order chi connectivity index (χ1) is 7.75. The van der Waals surface area contributed by atoms with Crippen LogP contribution in [0.4, 0.5) is 5.82 Å². The van der Waals surface area contributed by atoms with E-state index in [4.69, 9.17) is 5.11 Å². The van der Waals surface area contributed by atoms with Crippen LogP contribution in [0.15, 0.2) is 18.6 Å². The lowest BCUT2D eigenvalue weighted by molar-refractivity contribution is -0.142. The van der Waals surface area contributed by atoms with Crippen LogP contribution in [0.3, 0.4) is 0 Å². The fraction of sp³-hybridized carbons (Fsp3) is 0.545. The minimum absolute atomic E-state index is 0.163. The topological polar surface area (TPSA) is 75.1 Å². The Kier molecular flexibility index (Phi) is 3.34. The Morgan fingerprint density at radius 3 is 2.69 bits per heavy atom. The van der Waals surface area contributed by atoms with Gasteiger partial charge in [-0.3, -0.25) is 4.79 Å². The van der Waals surface area contributed by atoms with E-state index < -0.39 is 5.97 Å². The summed E-state index contributed by atoms with van der Waals surface area (Å²) < 4.78 is 0. The standard InChI is InChI=1S/C11H15N3O2/c15-11(16)8-1-3-9(4-2-8)14-10-5-6-12-7-13-10/h5-9H,1-4H2,(H,15,16)(H,12,13,14). The molecule has 0 saturated heterocycles. The van der Waals surface area contributed by atoms with E-state index in [9.17, 15) is 4.79 Å². The van der Waals surface area contributed by atoms with Gasteiger partial charge in [0, 0.05) is 12.2 Å². The van der Waals surface area contributed by atoms with Gasteiger partial charge in [0.05, 0.1) is 5.92 Å². The molecule has 1 saturated carbocycles. The van der Waals surface area contributed by atoms with Crippen LogP contribution in [0.5, 0.6) is 0 Å². The summed E-state index contributed by atoms with van der Waals surface area (Å²) in [6.45, 7) is 0. The number of rotatable bonds is 3. The molecular formula is C11H15N3O2. The van der Waals surface area contributed by atoms with Gasteiger partial charge in [0.25, 0.3) is 0 Å². The summed E-state index contributed by atoms with van der Waals surface area (Å²) >= 11 is 0. The quantitative estimate of drug-likeness (QED) is 0.809. The third-order valence-electron chi connectivity index (χ3n) is 3.01. The van der Waals surface area contributed by atoms with Crippen LogP contribution < -0.4 is 5.32 Å². The SMILES string of the molecule is O=C(O)C1CCC(Nc2ccncn2)CC1. The molecule has 0 atom stereocenters. The number of nitrogens with zero attached hydrogens (tertiary/aromatic N) is 2. The first-order valence-corrected chi connectivity index (χ1v) is 5.51. The number of anilines is 1. The van der Waals surface area contributed by atoms with Crippen molar-refractivity contribution < 1.29 is 9.90 Å². The van der Waals surface area contributed by atoms with Crippen molar-refractivity contribution in [1.82, 2.24) is 9.97 Å². The van der Waals surface area contributed by atoms with Crippen molar-refractivity contribution in [2.45, 2.75) is 31.7 Å². The predicted octanol–water partition coefficient (Wildman–Crippen LogP) is 1.53. The molecule has 1 aromatic heterocycles. The van der Waals surface area contributed by atoms with E-state index in [1.54, 1.807) is 6.20 Å². The van der Waals surface area contributed by atoms with Gasteiger partial charge in [0.2, 0.25) is 0 Å². The summed E-state index contributed by atoms with van der Waals surface area (Å²) in [5.41, 5.74) is 0. The van der Waals surface area contributed by atoms with E-state index in [0.29, 0.717) is 6.04 Å². The Hall–Kier alpha value is -1.65. The van der Waals surface area contributed by atoms with Crippen molar-refractivity contribution >= 4 is 11.8 Å². The lowest BCUT2D eigenvalue weighted by Gasteiger charge is -2.27. The van der Waals surface area contributed by atoms with E-state index >= 15 is 0 Å². The number of hydrogen-bond acceptors (Lipinski definition) is 4. The summed E-state index contributed by atoms with van der Waals surface area (Å²) in [6, 6.07) is 2.16. The summed E-state index contributed by atoms with van der Waals surface area (Å²) in [4.78, 5) is 18.7. The third kappa shape index (κ3) is 2.68. The lowest BCUT2D eigenvalue weighted by atomic mass is 9.86. The molecule has 0 unspecified atom stereocenters. The zero-order chi connectivity index (χ0) is 11.4. The van der Waals surface area contributed by atoms with E-state index in [-0.39, 0.29) is 5.92 Å². The van der Waals surface area contributed by atoms with Crippen molar-refractivity contribution in [2.24, 2.45) is 5.92 Å². The summed E-state index contributed by atoms with van der Waals surface area (Å²) in [6.07, 6.45) is 6.47. The van der Waals surface area contributed by atoms with E-state index in [1.165, 1.54) is 6.33 Å². The molecule has 1 aromatic rings. The number of aliphatic carboxylic acids is 1. The van der Waals surface area contributed by atoms with Crippen LogP contribution in [0.25, 0.3) is 0 Å². The fourth-order valence-electron chi connectivity index (χ4n) is 2.07. The molecule has 0 radical (unpaired) electrons. The molecule has 2 N–H and O–H groups in total. The monoisotopic (exact) mass is 221 g/mol. The fourth-order valence-corrected chi connectivity index (χ4v) is 2.07. The highest BCUT2D eigenvalue weighted by atomic mass is 16.4. The molecule has 0 aliphatic heterocycles. The largest absolute Gasteiger partial charge is 0.481 e. The van der Waals surface area contributed by atoms with Crippen LogP contribution in [0.1, 0.15) is 25.7 Å². The molecule has 5 heteroatoms. The number of carboxylic acid groups (broad SMARTS) is 1. The van der Waals surface area contributed by atoms with Crippen LogP contribution >= 0.6 is 0 Å². The Bertz CT molecular complexity index is 348. The Labute approximate surface area is 93.9 Å². The summed E-state index contributed by atoms with van der Waals surface area (Å²) in [7, 11) is 0. The van der Waals surface area contributed by atoms with E-state index in [0.717, 1.165) is 31.5 Å². The van der Waals surface area contributed by atoms with E-state index in [1.807, 2.05) is 6.07 Å². The molecule has 0 amide bonds. The minimum Gasteiger partial charge on any atom is -0.481 e. The van der Waals surface area contributed by atoms with Gasteiger partial charge >= 0.3 is 5.97 Å². The Morgan fingerprint density at radius 2 is 2.12 bits per heavy atom. The number of hydrogen-bond donors (Lipinski definition) is 2. The smallest absolute Gasteiger partial charge is 0.306 e. The average Bonchev–Trinajstić information content (AvgIpc) is 2.31. The van der Waals surface area contributed by atoms with Crippen molar-refractivity contribution in [3.63, 3.8) is 0 Å². The predicted molar refractivity (Wildman–Crippen MR) is 59.0 cm³/mol. The van der Waals surface area contributed by atoms with Gasteiger partial charge < -0.3 is 10.4 Å². The molecule has 86 valence electrons. The average molecular weight is 221 g/mol. The zero-order valence-corrected chi connectivity index (χ0v) is 8.97. The maximum Gasteiger partial charge on any atom is 0.306 e. The molecule has 0 spiro atoms. The molecule has 0 bridgehead atoms. The molecule has 0 aromatic carbocycles. The molecule has 5 nitrogen and oxygen atoms in total. The van der Waals surface area contributed by atoms with Crippen LogP contribution in [0, 0.1) is 5.92 Å². The number of nitrogens with one attached hydrogen (secondary N) is 1. The van der Waals surface area contributed by atoms with Gasteiger partial charge in [0.15, 0.2) is 0 Å². The lowest BCUT2D eigenvalue weighted by Crippen LogP contribution is -2.29. The highest BCUT2D eigenvalue weighted by Crippen LogP contribution is 2.26. The number of aromatic nitrogens is 2. The van der Waals surface area contributed by atoms with Gasteiger partial charge in [-0.1, -0.05) is 0 Å². The first kappa shape index (κ1) is 10.9. The van der Waals surface area contributed by atoms with Gasteiger partial charge in [-0.05, 0) is 31.7 Å². The highest BCUT2D eigenvalue weighted by molar-refractivity contribution is 5.70. The van der Waals surface area contributed by atoms with Gasteiger partial charge in [-0.15, -0.1) is 0 Å². The van der Waals surface area contributed by atoms with Crippen molar-refractivity contribution in [3.8, 4) is 0 Å². The first-order valence-electron chi connectivity index (χ1n) is 5.51. The number of carbonyl (C=O) groups is 1. The van der Waals surface area contributed by atoms with Crippen LogP contribution in [-0.2, 0) is 4.79 Å². The van der Waals surface area contributed by atoms with Crippen molar-refractivity contribution in [2.75, 3.05) is 5.32 Å². The Morgan fingerprint density at radius 1 is 1.38 bits per heavy atom. The maximum absolute atomic E-state index is 10.8. The van der Waals surface area contributed by atoms with Gasteiger partial charge in [-0.25, -0.2) is 9.97 Å². The summed E-state index contributed by atoms with van der Waals surface area (Å²) in [5.74, 6) is -0.0160. The summed E-state index contributed by atoms with van der Waals surface area (Å²) in [5, 5.41) is 12.2. The molecule has 1 aliphatic rings. The second kappa shape index (κ2) is 4.92. The Balaban J connectivity index is 1.84. The molecular weight excluding hydrogens is 206 g/mol. The van der Waals surface area contributed by atoms with Crippen LogP contribution in [0.2, 0.25) is 0 Å². The molecule has 1 aliphatic carbocycles. The van der Waals surface area contributed by atoms with Gasteiger partial charge in [-0.2, -0.15) is 0 Å². The van der Waals surface area contributed by atoms with E-state index in [2.05, 4.69) is 15.3 Å². The zero-order valence-electron chi connectivity index (χ0n) is 8.97. The molecule has 1 fully saturated rings. The molecule has 16 heavy (non-hydrogen) atoms. The van der Waals surface area contributed by atoms with Crippen molar-refractivity contribution in [1.29, 1.82) is 0 Å². The normalized spacial score (nSPS) is 25.0. The van der Waals surface area contributed by atoms with Gasteiger partial charge in [0.1, 0.15) is 12.1 Å².